The van der Waals surface area contributed by atoms with E-state index < -0.39 is 5.54 Å². The SMILES string of the molecule is CCOC(=O)[C@@]1(C)CCCN1C(=O)c1csc(-c2ccccn2)n1. The van der Waals surface area contributed by atoms with Crippen LogP contribution in [0.4, 0.5) is 0 Å². The zero-order chi connectivity index (χ0) is 17.2. The number of rotatable bonds is 4. The second-order valence-electron chi connectivity index (χ2n) is 5.81. The maximum atomic E-state index is 12.9. The molecule has 0 aliphatic carbocycles. The summed E-state index contributed by atoms with van der Waals surface area (Å²) in [6.45, 7) is 4.37. The van der Waals surface area contributed by atoms with Crippen LogP contribution < -0.4 is 0 Å². The molecule has 0 spiro atoms. The zero-order valence-corrected chi connectivity index (χ0v) is 14.5. The van der Waals surface area contributed by atoms with Crippen molar-refractivity contribution in [3.63, 3.8) is 0 Å². The molecule has 2 aromatic heterocycles. The normalized spacial score (nSPS) is 20.2. The molecule has 0 aromatic carbocycles. The summed E-state index contributed by atoms with van der Waals surface area (Å²) in [6, 6.07) is 5.56. The fraction of sp³-hybridized carbons (Fsp3) is 0.412. The van der Waals surface area contributed by atoms with Crippen LogP contribution in [0.25, 0.3) is 10.7 Å². The molecule has 1 atom stereocenters. The summed E-state index contributed by atoms with van der Waals surface area (Å²) in [7, 11) is 0. The fourth-order valence-corrected chi connectivity index (χ4v) is 3.67. The van der Waals surface area contributed by atoms with Crippen LogP contribution in [0.1, 0.15) is 37.2 Å². The number of esters is 1. The first-order chi connectivity index (χ1) is 11.6. The Bertz CT molecular complexity index is 747. The Kier molecular flexibility index (Phi) is 4.62. The average molecular weight is 345 g/mol. The van der Waals surface area contributed by atoms with Gasteiger partial charge in [0, 0.05) is 18.1 Å². The molecular formula is C17H19N3O3S. The molecule has 1 saturated heterocycles. The number of aromatic nitrogens is 2. The largest absolute Gasteiger partial charge is 0.464 e. The molecule has 1 amide bonds. The Morgan fingerprint density at radius 2 is 2.25 bits per heavy atom. The van der Waals surface area contributed by atoms with Gasteiger partial charge in [0.25, 0.3) is 5.91 Å². The van der Waals surface area contributed by atoms with Crippen LogP contribution in [0.3, 0.4) is 0 Å². The number of hydrogen-bond donors (Lipinski definition) is 0. The third-order valence-corrected chi connectivity index (χ3v) is 5.07. The second-order valence-corrected chi connectivity index (χ2v) is 6.67. The molecule has 6 nitrogen and oxygen atoms in total. The van der Waals surface area contributed by atoms with Gasteiger partial charge in [-0.1, -0.05) is 6.07 Å². The molecule has 2 aromatic rings. The Labute approximate surface area is 144 Å². The van der Waals surface area contributed by atoms with Crippen molar-refractivity contribution in [2.75, 3.05) is 13.2 Å². The maximum Gasteiger partial charge on any atom is 0.331 e. The number of nitrogens with zero attached hydrogens (tertiary/aromatic N) is 3. The topological polar surface area (TPSA) is 72.4 Å². The quantitative estimate of drug-likeness (QED) is 0.797. The number of thiazole rings is 1. The molecule has 0 N–H and O–H groups in total. The first kappa shape index (κ1) is 16.6. The minimum atomic E-state index is -0.915. The van der Waals surface area contributed by atoms with Crippen molar-refractivity contribution in [3.05, 3.63) is 35.5 Å². The maximum absolute atomic E-state index is 12.9. The number of carbonyl (C=O) groups is 2. The predicted molar refractivity (Wildman–Crippen MR) is 90.7 cm³/mol. The van der Waals surface area contributed by atoms with Gasteiger partial charge >= 0.3 is 5.97 Å². The summed E-state index contributed by atoms with van der Waals surface area (Å²) in [5.41, 5.74) is 0.163. The smallest absolute Gasteiger partial charge is 0.331 e. The van der Waals surface area contributed by atoms with E-state index in [1.807, 2.05) is 18.2 Å². The summed E-state index contributed by atoms with van der Waals surface area (Å²) in [4.78, 5) is 35.4. The summed E-state index contributed by atoms with van der Waals surface area (Å²) >= 11 is 1.37. The van der Waals surface area contributed by atoms with E-state index in [1.165, 1.54) is 11.3 Å². The van der Waals surface area contributed by atoms with Crippen molar-refractivity contribution in [3.8, 4) is 10.7 Å². The number of carbonyl (C=O) groups excluding carboxylic acids is 2. The van der Waals surface area contributed by atoms with E-state index in [9.17, 15) is 9.59 Å². The van der Waals surface area contributed by atoms with Gasteiger partial charge in [-0.25, -0.2) is 9.78 Å². The highest BCUT2D eigenvalue weighted by molar-refractivity contribution is 7.13. The van der Waals surface area contributed by atoms with Gasteiger partial charge in [0.15, 0.2) is 0 Å². The number of likely N-dealkylation sites (tertiary alicyclic amines) is 1. The van der Waals surface area contributed by atoms with Crippen molar-refractivity contribution >= 4 is 23.2 Å². The fourth-order valence-electron chi connectivity index (χ4n) is 2.90. The lowest BCUT2D eigenvalue weighted by atomic mass is 9.99. The summed E-state index contributed by atoms with van der Waals surface area (Å²) in [5.74, 6) is -0.586. The molecule has 3 rings (SSSR count). The zero-order valence-electron chi connectivity index (χ0n) is 13.7. The number of hydrogen-bond acceptors (Lipinski definition) is 6. The van der Waals surface area contributed by atoms with Gasteiger partial charge in [-0.15, -0.1) is 11.3 Å². The van der Waals surface area contributed by atoms with Crippen molar-refractivity contribution in [2.45, 2.75) is 32.2 Å². The summed E-state index contributed by atoms with van der Waals surface area (Å²) < 4.78 is 5.16. The highest BCUT2D eigenvalue weighted by atomic mass is 32.1. The van der Waals surface area contributed by atoms with Gasteiger partial charge in [-0.3, -0.25) is 9.78 Å². The van der Waals surface area contributed by atoms with Gasteiger partial charge in [-0.05, 0) is 38.8 Å². The van der Waals surface area contributed by atoms with Gasteiger partial charge < -0.3 is 9.64 Å². The molecule has 7 heteroatoms. The minimum Gasteiger partial charge on any atom is -0.464 e. The molecule has 126 valence electrons. The number of pyridine rings is 1. The Morgan fingerprint density at radius 1 is 1.42 bits per heavy atom. The van der Waals surface area contributed by atoms with Crippen molar-refractivity contribution in [2.24, 2.45) is 0 Å². The third kappa shape index (κ3) is 2.91. The van der Waals surface area contributed by atoms with E-state index in [-0.39, 0.29) is 11.9 Å². The van der Waals surface area contributed by atoms with Crippen molar-refractivity contribution < 1.29 is 14.3 Å². The first-order valence-corrected chi connectivity index (χ1v) is 8.80. The Balaban J connectivity index is 1.84. The molecule has 0 radical (unpaired) electrons. The van der Waals surface area contributed by atoms with Crippen LogP contribution in [-0.2, 0) is 9.53 Å². The van der Waals surface area contributed by atoms with Crippen molar-refractivity contribution in [1.82, 2.24) is 14.9 Å². The molecule has 3 heterocycles. The lowest BCUT2D eigenvalue weighted by Crippen LogP contribution is -2.51. The van der Waals surface area contributed by atoms with Crippen LogP contribution in [-0.4, -0.2) is 45.4 Å². The van der Waals surface area contributed by atoms with E-state index in [4.69, 9.17) is 4.74 Å². The van der Waals surface area contributed by atoms with Crippen molar-refractivity contribution in [1.29, 1.82) is 0 Å². The van der Waals surface area contributed by atoms with Gasteiger partial charge in [0.05, 0.1) is 12.3 Å². The number of amides is 1. The molecular weight excluding hydrogens is 326 g/mol. The van der Waals surface area contributed by atoms with Crippen LogP contribution in [0.2, 0.25) is 0 Å². The van der Waals surface area contributed by atoms with E-state index in [2.05, 4.69) is 9.97 Å². The highest BCUT2D eigenvalue weighted by Crippen LogP contribution is 2.32. The number of ether oxygens (including phenoxy) is 1. The van der Waals surface area contributed by atoms with Gasteiger partial charge in [-0.2, -0.15) is 0 Å². The molecule has 0 unspecified atom stereocenters. The summed E-state index contributed by atoms with van der Waals surface area (Å²) in [6.07, 6.45) is 3.07. The lowest BCUT2D eigenvalue weighted by Gasteiger charge is -2.32. The predicted octanol–water partition coefficient (Wildman–Crippen LogP) is 2.76. The molecule has 1 aliphatic rings. The molecule has 1 aliphatic heterocycles. The van der Waals surface area contributed by atoms with E-state index in [0.29, 0.717) is 30.3 Å². The third-order valence-electron chi connectivity index (χ3n) is 4.21. The van der Waals surface area contributed by atoms with E-state index in [0.717, 1.165) is 12.1 Å². The lowest BCUT2D eigenvalue weighted by molar-refractivity contribution is -0.153. The second kappa shape index (κ2) is 6.68. The molecule has 24 heavy (non-hydrogen) atoms. The minimum absolute atomic E-state index is 0.235. The Morgan fingerprint density at radius 3 is 2.96 bits per heavy atom. The van der Waals surface area contributed by atoms with Gasteiger partial charge in [0.2, 0.25) is 0 Å². The first-order valence-electron chi connectivity index (χ1n) is 7.92. The molecule has 0 saturated carbocycles. The van der Waals surface area contributed by atoms with E-state index in [1.54, 1.807) is 30.3 Å². The summed E-state index contributed by atoms with van der Waals surface area (Å²) in [5, 5.41) is 2.41. The van der Waals surface area contributed by atoms with Crippen LogP contribution >= 0.6 is 11.3 Å². The van der Waals surface area contributed by atoms with E-state index >= 15 is 0 Å². The monoisotopic (exact) mass is 345 g/mol. The Hall–Kier alpha value is -2.28. The van der Waals surface area contributed by atoms with Gasteiger partial charge in [0.1, 0.15) is 16.2 Å². The van der Waals surface area contributed by atoms with Crippen LogP contribution in [0, 0.1) is 0 Å². The van der Waals surface area contributed by atoms with Crippen LogP contribution in [0.15, 0.2) is 29.8 Å². The standard InChI is InChI=1S/C17H19N3O3S/c1-3-23-16(22)17(2)8-6-10-20(17)15(21)13-11-24-14(19-13)12-7-4-5-9-18-12/h4-5,7,9,11H,3,6,8,10H2,1-2H3/t17-/m1/s1. The molecule has 1 fully saturated rings. The molecule has 0 bridgehead atoms. The highest BCUT2D eigenvalue weighted by Gasteiger charge is 2.47. The average Bonchev–Trinajstić information content (AvgIpc) is 3.23. The van der Waals surface area contributed by atoms with Crippen LogP contribution in [0.5, 0.6) is 0 Å².